The number of hydrogen-bond acceptors (Lipinski definition) is 3. The highest BCUT2D eigenvalue weighted by atomic mass is 16.5. The van der Waals surface area contributed by atoms with Crippen molar-refractivity contribution in [3.8, 4) is 5.75 Å². The van der Waals surface area contributed by atoms with E-state index < -0.39 is 0 Å². The summed E-state index contributed by atoms with van der Waals surface area (Å²) < 4.78 is 5.59. The lowest BCUT2D eigenvalue weighted by atomic mass is 9.55. The largest absolute Gasteiger partial charge is 0.497 e. The van der Waals surface area contributed by atoms with Gasteiger partial charge in [-0.2, -0.15) is 0 Å². The van der Waals surface area contributed by atoms with E-state index in [2.05, 4.69) is 50.1 Å². The molecule has 0 radical (unpaired) electrons. The Hall–Kier alpha value is -1.61. The van der Waals surface area contributed by atoms with Crippen molar-refractivity contribution in [3.63, 3.8) is 0 Å². The van der Waals surface area contributed by atoms with Crippen molar-refractivity contribution in [1.29, 1.82) is 0 Å². The summed E-state index contributed by atoms with van der Waals surface area (Å²) in [5.74, 6) is 3.67. The molecule has 1 aromatic carbocycles. The number of hydrogen-bond donors (Lipinski definition) is 0. The first-order valence-corrected chi connectivity index (χ1v) is 12.4. The summed E-state index contributed by atoms with van der Waals surface area (Å²) in [4.78, 5) is 15.9. The second kappa shape index (κ2) is 8.06. The van der Waals surface area contributed by atoms with Crippen LogP contribution in [0, 0.1) is 29.1 Å². The van der Waals surface area contributed by atoms with Crippen LogP contribution in [0.15, 0.2) is 31.4 Å². The van der Waals surface area contributed by atoms with E-state index in [4.69, 9.17) is 4.74 Å². The summed E-state index contributed by atoms with van der Waals surface area (Å²) in [6, 6.07) is 7.38. The highest BCUT2D eigenvalue weighted by Gasteiger charge is 2.73. The Labute approximate surface area is 189 Å². The van der Waals surface area contributed by atoms with Crippen molar-refractivity contribution in [2.75, 3.05) is 20.2 Å². The zero-order chi connectivity index (χ0) is 22.6. The molecule has 1 aromatic rings. The Morgan fingerprint density at radius 3 is 2.52 bits per heavy atom. The number of carbonyl (C=O) groups excluding carboxylic acids is 1. The van der Waals surface area contributed by atoms with Crippen molar-refractivity contribution in [1.82, 2.24) is 4.90 Å². The van der Waals surface area contributed by atoms with Gasteiger partial charge in [-0.3, -0.25) is 9.69 Å². The fraction of sp³-hybridized carbons (Fsp3) is 0.679. The average Bonchev–Trinajstić information content (AvgIpc) is 3.59. The lowest BCUT2D eigenvalue weighted by Crippen LogP contribution is -2.66. The molecule has 0 N–H and O–H groups in total. The van der Waals surface area contributed by atoms with Crippen molar-refractivity contribution >= 4 is 5.78 Å². The Bertz CT molecular complexity index is 845. The number of nitrogens with zero attached hydrogens (tertiary/aromatic N) is 1. The molecule has 1 saturated heterocycles. The smallest absolute Gasteiger partial charge is 0.136 e. The van der Waals surface area contributed by atoms with E-state index in [-0.39, 0.29) is 11.3 Å². The van der Waals surface area contributed by atoms with Gasteiger partial charge in [-0.25, -0.2) is 0 Å². The van der Waals surface area contributed by atoms with Gasteiger partial charge in [0, 0.05) is 42.3 Å². The van der Waals surface area contributed by atoms with Gasteiger partial charge in [-0.1, -0.05) is 33.8 Å². The summed E-state index contributed by atoms with van der Waals surface area (Å²) in [6.07, 6.45) is 6.02. The van der Waals surface area contributed by atoms with Crippen molar-refractivity contribution in [2.24, 2.45) is 29.1 Å². The summed E-state index contributed by atoms with van der Waals surface area (Å²) in [5, 5.41) is 0. The van der Waals surface area contributed by atoms with Gasteiger partial charge in [0.1, 0.15) is 11.5 Å². The Morgan fingerprint density at radius 1 is 1.16 bits per heavy atom. The first-order chi connectivity index (χ1) is 15.0. The Kier molecular flexibility index (Phi) is 5.87. The molecule has 4 fully saturated rings. The molecule has 2 bridgehead atoms. The molecule has 6 atom stereocenters. The number of ether oxygens (including phenoxy) is 1. The molecule has 6 rings (SSSR count). The van der Waals surface area contributed by atoms with Crippen molar-refractivity contribution in [3.05, 3.63) is 42.5 Å². The normalized spacial score (nSPS) is 39.5. The molecule has 3 nitrogen and oxygen atoms in total. The maximum Gasteiger partial charge on any atom is 0.136 e. The second-order valence-electron chi connectivity index (χ2n) is 10.5. The fourth-order valence-corrected chi connectivity index (χ4v) is 7.82. The molecular formula is C28H41NO2. The van der Waals surface area contributed by atoms with Gasteiger partial charge in [-0.15, -0.1) is 13.2 Å². The molecule has 170 valence electrons. The molecule has 4 aliphatic carbocycles. The molecule has 1 heterocycles. The highest BCUT2D eigenvalue weighted by molar-refractivity contribution is 5.84. The van der Waals surface area contributed by atoms with Gasteiger partial charge in [0.05, 0.1) is 7.11 Å². The van der Waals surface area contributed by atoms with Crippen LogP contribution in [-0.2, 0) is 16.6 Å². The SMILES string of the molecule is C=C.CC.COc1ccc2c(c1)C13CC(=O)C(C)C(C)C1C1N(CC4CC4)CC1(C2)C3. The van der Waals surface area contributed by atoms with Crippen LogP contribution in [0.5, 0.6) is 5.75 Å². The van der Waals surface area contributed by atoms with Crippen LogP contribution in [-0.4, -0.2) is 36.9 Å². The number of ketones is 1. The standard InChI is InChI=1S/C24H31NO2.C2H6.C2H4/c1-14-15(2)21-22-23(13-25(22)11-16-4-5-16)9-17-6-7-18(27-3)8-19(17)24(21,12-23)10-20(14)26;2*1-2/h6-8,14-16,21-22H,4-5,9-13H2,1-3H3;1-2H3;1-2H2. The second-order valence-corrected chi connectivity index (χ2v) is 10.5. The lowest BCUT2D eigenvalue weighted by Gasteiger charge is -2.57. The van der Waals surface area contributed by atoms with E-state index in [9.17, 15) is 4.79 Å². The lowest BCUT2D eigenvalue weighted by molar-refractivity contribution is -0.133. The number of carbonyl (C=O) groups is 1. The molecule has 2 spiro atoms. The molecule has 3 heteroatoms. The topological polar surface area (TPSA) is 29.5 Å². The number of rotatable bonds is 3. The van der Waals surface area contributed by atoms with Crippen LogP contribution < -0.4 is 4.74 Å². The number of fused-ring (bicyclic) bond motifs is 2. The van der Waals surface area contributed by atoms with Crippen LogP contribution in [0.25, 0.3) is 0 Å². The predicted molar refractivity (Wildman–Crippen MR) is 128 cm³/mol. The molecular weight excluding hydrogens is 382 g/mol. The van der Waals surface area contributed by atoms with E-state index in [1.54, 1.807) is 7.11 Å². The van der Waals surface area contributed by atoms with Gasteiger partial charge in [-0.05, 0) is 66.7 Å². The number of benzene rings is 1. The number of Topliss-reactive ketones (excluding diaryl/α,β-unsaturated/α-hetero) is 1. The third-order valence-electron chi connectivity index (χ3n) is 9.12. The minimum Gasteiger partial charge on any atom is -0.497 e. The number of methoxy groups -OCH3 is 1. The summed E-state index contributed by atoms with van der Waals surface area (Å²) in [7, 11) is 1.76. The van der Waals surface area contributed by atoms with Gasteiger partial charge >= 0.3 is 0 Å². The van der Waals surface area contributed by atoms with E-state index in [1.807, 2.05) is 13.8 Å². The van der Waals surface area contributed by atoms with Crippen LogP contribution in [0.1, 0.15) is 64.5 Å². The molecule has 5 aliphatic rings. The molecule has 6 unspecified atom stereocenters. The fourth-order valence-electron chi connectivity index (χ4n) is 7.82. The molecule has 0 amide bonds. The van der Waals surface area contributed by atoms with E-state index in [1.165, 1.54) is 49.9 Å². The monoisotopic (exact) mass is 423 g/mol. The van der Waals surface area contributed by atoms with Crippen LogP contribution in [0.2, 0.25) is 0 Å². The third-order valence-corrected chi connectivity index (χ3v) is 9.12. The van der Waals surface area contributed by atoms with Crippen molar-refractivity contribution in [2.45, 2.75) is 71.3 Å². The van der Waals surface area contributed by atoms with E-state index in [0.29, 0.717) is 29.1 Å². The van der Waals surface area contributed by atoms with E-state index >= 15 is 0 Å². The molecule has 0 aromatic heterocycles. The first kappa shape index (κ1) is 22.6. The predicted octanol–water partition coefficient (Wildman–Crippen LogP) is 5.66. The summed E-state index contributed by atoms with van der Waals surface area (Å²) >= 11 is 0. The Balaban J connectivity index is 0.000000549. The van der Waals surface area contributed by atoms with Gasteiger partial charge < -0.3 is 4.74 Å². The maximum absolute atomic E-state index is 13.1. The third kappa shape index (κ3) is 3.14. The number of likely N-dealkylation sites (tertiary alicyclic amines) is 1. The van der Waals surface area contributed by atoms with Crippen LogP contribution in [0.3, 0.4) is 0 Å². The van der Waals surface area contributed by atoms with Crippen molar-refractivity contribution < 1.29 is 9.53 Å². The summed E-state index contributed by atoms with van der Waals surface area (Å²) in [5.41, 5.74) is 3.41. The highest BCUT2D eigenvalue weighted by Crippen LogP contribution is 2.71. The molecule has 3 saturated carbocycles. The quantitative estimate of drug-likeness (QED) is 0.587. The van der Waals surface area contributed by atoms with Gasteiger partial charge in [0.25, 0.3) is 0 Å². The minimum absolute atomic E-state index is 0.0497. The Morgan fingerprint density at radius 2 is 1.87 bits per heavy atom. The van der Waals surface area contributed by atoms with Crippen LogP contribution in [0.4, 0.5) is 0 Å². The molecule has 1 aliphatic heterocycles. The zero-order valence-electron chi connectivity index (χ0n) is 20.2. The van der Waals surface area contributed by atoms with Crippen LogP contribution >= 0.6 is 0 Å². The minimum atomic E-state index is 0.0497. The summed E-state index contributed by atoms with van der Waals surface area (Å²) in [6.45, 7) is 17.1. The van der Waals surface area contributed by atoms with Gasteiger partial charge in [0.15, 0.2) is 0 Å². The average molecular weight is 424 g/mol. The maximum atomic E-state index is 13.1. The zero-order valence-corrected chi connectivity index (χ0v) is 20.2. The van der Waals surface area contributed by atoms with Gasteiger partial charge in [0.2, 0.25) is 0 Å². The first-order valence-electron chi connectivity index (χ1n) is 12.4. The molecule has 31 heavy (non-hydrogen) atoms. The van der Waals surface area contributed by atoms with E-state index in [0.717, 1.165) is 18.1 Å².